The van der Waals surface area contributed by atoms with Crippen LogP contribution in [-0.2, 0) is 9.26 Å². The van der Waals surface area contributed by atoms with Gasteiger partial charge in [-0.3, -0.25) is 4.79 Å². The van der Waals surface area contributed by atoms with Crippen LogP contribution < -0.4 is 0 Å². The minimum Gasteiger partial charge on any atom is -0.360 e. The van der Waals surface area contributed by atoms with Crippen LogP contribution in [-0.4, -0.2) is 44.6 Å². The molecule has 1 aromatic rings. The van der Waals surface area contributed by atoms with Gasteiger partial charge >= 0.3 is 0 Å². The number of allylic oxidation sites excluding steroid dienone is 2. The first-order valence-corrected chi connectivity index (χ1v) is 10.6. The summed E-state index contributed by atoms with van der Waals surface area (Å²) in [6.45, 7) is 6.77. The predicted octanol–water partition coefficient (Wildman–Crippen LogP) is 3.59. The van der Waals surface area contributed by atoms with E-state index in [1.807, 2.05) is 48.6 Å². The topological polar surface area (TPSA) is 38.8 Å². The van der Waals surface area contributed by atoms with E-state index in [0.29, 0.717) is 6.61 Å². The lowest BCUT2D eigenvalue weighted by atomic mass is 9.86. The SMILES string of the molecule is C[P+](C)(C)OCC(C(=O)c1ccccc1)C1=CC=CC2OC12. The Bertz CT molecular complexity index is 613. The molecule has 0 saturated carbocycles. The third-order valence-electron chi connectivity index (χ3n) is 3.85. The average molecular weight is 317 g/mol. The van der Waals surface area contributed by atoms with Crippen molar-refractivity contribution in [3.63, 3.8) is 0 Å². The first-order valence-electron chi connectivity index (χ1n) is 7.55. The maximum atomic E-state index is 12.9. The molecule has 3 nitrogen and oxygen atoms in total. The minimum atomic E-state index is -1.40. The van der Waals surface area contributed by atoms with E-state index in [-0.39, 0.29) is 23.9 Å². The zero-order valence-electron chi connectivity index (χ0n) is 13.2. The first-order chi connectivity index (χ1) is 10.5. The zero-order valence-corrected chi connectivity index (χ0v) is 14.1. The van der Waals surface area contributed by atoms with E-state index in [1.54, 1.807) is 0 Å². The molecule has 0 bridgehead atoms. The van der Waals surface area contributed by atoms with Gasteiger partial charge in [0.2, 0.25) is 0 Å². The molecule has 0 radical (unpaired) electrons. The van der Waals surface area contributed by atoms with Gasteiger partial charge in [-0.2, -0.15) is 0 Å². The standard InChI is InChI=1S/C18H22O3P/c1-22(2,3)20-12-15(14-10-7-11-16-18(14)21-16)17(19)13-8-5-4-6-9-13/h4-11,15-16,18H,12H2,1-3H3/q+1. The molecule has 0 aromatic heterocycles. The summed E-state index contributed by atoms with van der Waals surface area (Å²) in [6.07, 6.45) is 6.25. The van der Waals surface area contributed by atoms with E-state index in [2.05, 4.69) is 20.0 Å². The van der Waals surface area contributed by atoms with Crippen LogP contribution >= 0.6 is 7.49 Å². The summed E-state index contributed by atoms with van der Waals surface area (Å²) >= 11 is 0. The lowest BCUT2D eigenvalue weighted by molar-refractivity contribution is 0.0901. The fraction of sp³-hybridized carbons (Fsp3) is 0.389. The molecule has 116 valence electrons. The highest BCUT2D eigenvalue weighted by atomic mass is 31.2. The van der Waals surface area contributed by atoms with E-state index < -0.39 is 7.49 Å². The normalized spacial score (nSPS) is 24.4. The molecule has 22 heavy (non-hydrogen) atoms. The number of ketones is 1. The van der Waals surface area contributed by atoms with Gasteiger partial charge in [0.15, 0.2) is 5.78 Å². The predicted molar refractivity (Wildman–Crippen MR) is 90.8 cm³/mol. The first kappa shape index (κ1) is 15.6. The fourth-order valence-corrected chi connectivity index (χ4v) is 3.25. The van der Waals surface area contributed by atoms with Gasteiger partial charge < -0.3 is 4.74 Å². The van der Waals surface area contributed by atoms with E-state index in [1.165, 1.54) is 0 Å². The van der Waals surface area contributed by atoms with Gasteiger partial charge in [-0.25, -0.2) is 4.52 Å². The summed E-state index contributed by atoms with van der Waals surface area (Å²) in [6, 6.07) is 9.45. The van der Waals surface area contributed by atoms with Gasteiger partial charge in [0.1, 0.15) is 26.3 Å². The minimum absolute atomic E-state index is 0.0598. The number of carbonyl (C=O) groups is 1. The molecule has 0 amide bonds. The Balaban J connectivity index is 1.84. The monoisotopic (exact) mass is 317 g/mol. The summed E-state index contributed by atoms with van der Waals surface area (Å²) in [4.78, 5) is 12.9. The number of rotatable bonds is 6. The van der Waals surface area contributed by atoms with Gasteiger partial charge in [0.05, 0.1) is 25.9 Å². The lowest BCUT2D eigenvalue weighted by Gasteiger charge is -2.21. The van der Waals surface area contributed by atoms with E-state index in [9.17, 15) is 4.79 Å². The summed E-state index contributed by atoms with van der Waals surface area (Å²) in [7, 11) is -1.40. The van der Waals surface area contributed by atoms with Crippen LogP contribution in [0.1, 0.15) is 10.4 Å². The quantitative estimate of drug-likeness (QED) is 0.457. The van der Waals surface area contributed by atoms with Crippen LogP contribution in [0.15, 0.2) is 54.1 Å². The Kier molecular flexibility index (Phi) is 4.31. The Morgan fingerprint density at radius 3 is 2.68 bits per heavy atom. The van der Waals surface area contributed by atoms with Crippen molar-refractivity contribution in [3.8, 4) is 0 Å². The maximum absolute atomic E-state index is 12.9. The lowest BCUT2D eigenvalue weighted by Crippen LogP contribution is -2.26. The molecule has 3 rings (SSSR count). The van der Waals surface area contributed by atoms with Crippen LogP contribution in [0.4, 0.5) is 0 Å². The second kappa shape index (κ2) is 6.08. The van der Waals surface area contributed by atoms with Crippen molar-refractivity contribution in [2.75, 3.05) is 26.6 Å². The molecule has 1 aliphatic carbocycles. The van der Waals surface area contributed by atoms with Crippen LogP contribution in [0.5, 0.6) is 0 Å². The van der Waals surface area contributed by atoms with Crippen molar-refractivity contribution < 1.29 is 14.1 Å². The van der Waals surface area contributed by atoms with Crippen molar-refractivity contribution in [2.45, 2.75) is 12.2 Å². The third kappa shape index (κ3) is 3.55. The van der Waals surface area contributed by atoms with Crippen LogP contribution in [0.25, 0.3) is 0 Å². The number of hydrogen-bond donors (Lipinski definition) is 0. The Labute approximate surface area is 132 Å². The Morgan fingerprint density at radius 1 is 1.27 bits per heavy atom. The molecule has 1 saturated heterocycles. The molecule has 4 heteroatoms. The molecule has 0 spiro atoms. The van der Waals surface area contributed by atoms with Crippen molar-refractivity contribution in [1.29, 1.82) is 0 Å². The van der Waals surface area contributed by atoms with Crippen molar-refractivity contribution >= 4 is 13.3 Å². The van der Waals surface area contributed by atoms with Gasteiger partial charge in [-0.1, -0.05) is 48.6 Å². The highest BCUT2D eigenvalue weighted by molar-refractivity contribution is 7.69. The summed E-state index contributed by atoms with van der Waals surface area (Å²) in [5.41, 5.74) is 1.78. The summed E-state index contributed by atoms with van der Waals surface area (Å²) < 4.78 is 11.7. The molecule has 0 N–H and O–H groups in total. The Hall–Kier alpha value is -1.28. The highest BCUT2D eigenvalue weighted by Gasteiger charge is 2.46. The second-order valence-corrected chi connectivity index (χ2v) is 10.6. The van der Waals surface area contributed by atoms with Crippen LogP contribution in [0.3, 0.4) is 0 Å². The van der Waals surface area contributed by atoms with Gasteiger partial charge in [-0.05, 0) is 5.57 Å². The fourth-order valence-electron chi connectivity index (χ4n) is 2.65. The van der Waals surface area contributed by atoms with Gasteiger partial charge in [0, 0.05) is 5.56 Å². The molecule has 3 unspecified atom stereocenters. The number of ether oxygens (including phenoxy) is 1. The van der Waals surface area contributed by atoms with Crippen LogP contribution in [0.2, 0.25) is 0 Å². The molecule has 2 aliphatic rings. The molecule has 1 fully saturated rings. The van der Waals surface area contributed by atoms with Crippen molar-refractivity contribution in [1.82, 2.24) is 0 Å². The van der Waals surface area contributed by atoms with Crippen molar-refractivity contribution in [3.05, 3.63) is 59.7 Å². The molecule has 1 aromatic carbocycles. The highest BCUT2D eigenvalue weighted by Crippen LogP contribution is 2.49. The van der Waals surface area contributed by atoms with Gasteiger partial charge in [-0.15, -0.1) is 0 Å². The molecule has 1 aliphatic heterocycles. The molecule has 1 heterocycles. The van der Waals surface area contributed by atoms with E-state index >= 15 is 0 Å². The largest absolute Gasteiger partial charge is 0.360 e. The number of benzene rings is 1. The average Bonchev–Trinajstić information content (AvgIpc) is 3.27. The Morgan fingerprint density at radius 2 is 2.00 bits per heavy atom. The van der Waals surface area contributed by atoms with E-state index in [0.717, 1.165) is 11.1 Å². The third-order valence-corrected chi connectivity index (χ3v) is 4.77. The summed E-state index contributed by atoms with van der Waals surface area (Å²) in [5, 5.41) is 0. The molecular weight excluding hydrogens is 295 g/mol. The van der Waals surface area contributed by atoms with E-state index in [4.69, 9.17) is 9.26 Å². The number of Topliss-reactive ketones (excluding diaryl/α,β-unsaturated/α-hetero) is 1. The van der Waals surface area contributed by atoms with Crippen molar-refractivity contribution in [2.24, 2.45) is 5.92 Å². The number of hydrogen-bond acceptors (Lipinski definition) is 3. The van der Waals surface area contributed by atoms with Crippen LogP contribution in [0, 0.1) is 5.92 Å². The summed E-state index contributed by atoms with van der Waals surface area (Å²) in [5.74, 6) is -0.147. The molecule has 3 atom stereocenters. The smallest absolute Gasteiger partial charge is 0.172 e. The molecular formula is C18H22O3P+. The maximum Gasteiger partial charge on any atom is 0.172 e. The number of fused-ring (bicyclic) bond motifs is 1. The number of carbonyl (C=O) groups excluding carboxylic acids is 1. The zero-order chi connectivity index (χ0) is 15.7. The number of epoxide rings is 1. The van der Waals surface area contributed by atoms with Gasteiger partial charge in [0.25, 0.3) is 0 Å². The second-order valence-electron chi connectivity index (χ2n) is 6.54.